The van der Waals surface area contributed by atoms with Crippen molar-refractivity contribution in [3.05, 3.63) is 29.1 Å². The molecule has 1 heterocycles. The summed E-state index contributed by atoms with van der Waals surface area (Å²) in [6.45, 7) is 0. The monoisotopic (exact) mass is 235 g/mol. The summed E-state index contributed by atoms with van der Waals surface area (Å²) in [5.41, 5.74) is 0.0612. The fourth-order valence-corrected chi connectivity index (χ4v) is 1.65. The van der Waals surface area contributed by atoms with E-state index in [9.17, 15) is 13.2 Å². The second-order valence-electron chi connectivity index (χ2n) is 3.64. The van der Waals surface area contributed by atoms with E-state index in [-0.39, 0.29) is 17.5 Å². The Balaban J connectivity index is 2.45. The second-order valence-corrected chi connectivity index (χ2v) is 3.91. The van der Waals surface area contributed by atoms with Crippen LogP contribution >= 0.6 is 11.6 Å². The third-order valence-electron chi connectivity index (χ3n) is 2.39. The molecule has 1 aliphatic rings. The maximum absolute atomic E-state index is 12.6. The molecule has 0 N–H and O–H groups in total. The van der Waals surface area contributed by atoms with Crippen LogP contribution in [0.2, 0.25) is 0 Å². The highest BCUT2D eigenvalue weighted by Gasteiger charge is 2.39. The molecule has 0 saturated heterocycles. The number of halogens is 4. The van der Waals surface area contributed by atoms with E-state index in [2.05, 4.69) is 4.98 Å². The van der Waals surface area contributed by atoms with Gasteiger partial charge in [-0.3, -0.25) is 4.98 Å². The number of nitrogens with zero attached hydrogens (tertiary/aromatic N) is 1. The maximum atomic E-state index is 12.6. The van der Waals surface area contributed by atoms with E-state index in [1.54, 1.807) is 0 Å². The Morgan fingerprint density at radius 1 is 1.33 bits per heavy atom. The molecule has 0 amide bonds. The van der Waals surface area contributed by atoms with Crippen molar-refractivity contribution in [3.8, 4) is 0 Å². The molecule has 15 heavy (non-hydrogen) atoms. The molecule has 1 saturated carbocycles. The molecule has 1 aromatic heterocycles. The average Bonchev–Trinajstić information content (AvgIpc) is 2.98. The van der Waals surface area contributed by atoms with Crippen LogP contribution in [-0.4, -0.2) is 4.98 Å². The molecule has 1 nitrogen and oxygen atoms in total. The lowest BCUT2D eigenvalue weighted by atomic mass is 10.1. The highest BCUT2D eigenvalue weighted by atomic mass is 35.5. The van der Waals surface area contributed by atoms with E-state index in [1.807, 2.05) is 0 Å². The lowest BCUT2D eigenvalue weighted by Gasteiger charge is -2.12. The summed E-state index contributed by atoms with van der Waals surface area (Å²) in [7, 11) is 0. The molecule has 1 fully saturated rings. The predicted molar refractivity (Wildman–Crippen MR) is 50.8 cm³/mol. The van der Waals surface area contributed by atoms with Crippen LogP contribution in [0.3, 0.4) is 0 Å². The Kier molecular flexibility index (Phi) is 2.63. The van der Waals surface area contributed by atoms with Gasteiger partial charge in [0, 0.05) is 5.92 Å². The molecule has 0 aromatic carbocycles. The van der Waals surface area contributed by atoms with E-state index in [0.717, 1.165) is 18.9 Å². The SMILES string of the molecule is FC(F)(F)c1ccc(CCl)nc1C1CC1. The zero-order chi connectivity index (χ0) is 11.1. The molecule has 0 unspecified atom stereocenters. The number of hydrogen-bond donors (Lipinski definition) is 0. The summed E-state index contributed by atoms with van der Waals surface area (Å²) >= 11 is 5.55. The largest absolute Gasteiger partial charge is 0.418 e. The number of aromatic nitrogens is 1. The van der Waals surface area contributed by atoms with Gasteiger partial charge >= 0.3 is 6.18 Å². The normalized spacial score (nSPS) is 16.8. The smallest absolute Gasteiger partial charge is 0.256 e. The molecule has 0 radical (unpaired) electrons. The fourth-order valence-electron chi connectivity index (χ4n) is 1.50. The van der Waals surface area contributed by atoms with Crippen molar-refractivity contribution in [2.45, 2.75) is 30.8 Å². The Morgan fingerprint density at radius 3 is 2.47 bits per heavy atom. The van der Waals surface area contributed by atoms with Crippen LogP contribution < -0.4 is 0 Å². The van der Waals surface area contributed by atoms with Crippen molar-refractivity contribution < 1.29 is 13.2 Å². The first-order valence-electron chi connectivity index (χ1n) is 4.65. The molecule has 5 heteroatoms. The van der Waals surface area contributed by atoms with Crippen molar-refractivity contribution in [1.29, 1.82) is 0 Å². The van der Waals surface area contributed by atoms with Gasteiger partial charge in [0.1, 0.15) is 0 Å². The van der Waals surface area contributed by atoms with Gasteiger partial charge in [0.05, 0.1) is 22.8 Å². The molecular weight excluding hydrogens is 227 g/mol. The molecule has 1 aromatic rings. The van der Waals surface area contributed by atoms with E-state index in [4.69, 9.17) is 11.6 Å². The van der Waals surface area contributed by atoms with E-state index >= 15 is 0 Å². The van der Waals surface area contributed by atoms with Gasteiger partial charge in [-0.2, -0.15) is 13.2 Å². The number of pyridine rings is 1. The summed E-state index contributed by atoms with van der Waals surface area (Å²) in [5.74, 6) is 0.127. The minimum Gasteiger partial charge on any atom is -0.256 e. The Morgan fingerprint density at radius 2 is 2.00 bits per heavy atom. The Labute approximate surface area is 90.3 Å². The van der Waals surface area contributed by atoms with Gasteiger partial charge in [0.2, 0.25) is 0 Å². The van der Waals surface area contributed by atoms with Crippen molar-refractivity contribution in [2.75, 3.05) is 0 Å². The summed E-state index contributed by atoms with van der Waals surface area (Å²) in [5, 5.41) is 0. The summed E-state index contributed by atoms with van der Waals surface area (Å²) in [6.07, 6.45) is -2.72. The van der Waals surface area contributed by atoms with Crippen molar-refractivity contribution in [1.82, 2.24) is 4.98 Å². The van der Waals surface area contributed by atoms with Crippen LogP contribution in [0, 0.1) is 0 Å². The minimum atomic E-state index is -4.31. The molecule has 0 aliphatic heterocycles. The van der Waals surface area contributed by atoms with Crippen LogP contribution in [0.5, 0.6) is 0 Å². The molecular formula is C10H9ClF3N. The molecule has 0 atom stereocenters. The quantitative estimate of drug-likeness (QED) is 0.712. The van der Waals surface area contributed by atoms with Gasteiger partial charge < -0.3 is 0 Å². The van der Waals surface area contributed by atoms with Crippen LogP contribution in [0.1, 0.15) is 35.7 Å². The maximum Gasteiger partial charge on any atom is 0.418 e. The second kappa shape index (κ2) is 3.67. The van der Waals surface area contributed by atoms with Gasteiger partial charge in [-0.1, -0.05) is 0 Å². The van der Waals surface area contributed by atoms with E-state index in [0.29, 0.717) is 5.69 Å². The number of rotatable bonds is 2. The highest BCUT2D eigenvalue weighted by Crippen LogP contribution is 2.44. The third-order valence-corrected chi connectivity index (χ3v) is 2.66. The fraction of sp³-hybridized carbons (Fsp3) is 0.500. The minimum absolute atomic E-state index is 0.0233. The lowest BCUT2D eigenvalue weighted by Crippen LogP contribution is -2.11. The zero-order valence-electron chi connectivity index (χ0n) is 7.81. The van der Waals surface area contributed by atoms with Gasteiger partial charge in [-0.25, -0.2) is 0 Å². The zero-order valence-corrected chi connectivity index (χ0v) is 8.57. The molecule has 2 rings (SSSR count). The number of alkyl halides is 4. The molecule has 0 spiro atoms. The lowest BCUT2D eigenvalue weighted by molar-refractivity contribution is -0.138. The Hall–Kier alpha value is -0.770. The van der Waals surface area contributed by atoms with Crippen LogP contribution in [0.25, 0.3) is 0 Å². The third kappa shape index (κ3) is 2.25. The summed E-state index contributed by atoms with van der Waals surface area (Å²) in [6, 6.07) is 2.42. The number of hydrogen-bond acceptors (Lipinski definition) is 1. The van der Waals surface area contributed by atoms with Crippen molar-refractivity contribution in [2.24, 2.45) is 0 Å². The average molecular weight is 236 g/mol. The van der Waals surface area contributed by atoms with Crippen LogP contribution in [0.4, 0.5) is 13.2 Å². The molecule has 0 bridgehead atoms. The van der Waals surface area contributed by atoms with E-state index < -0.39 is 11.7 Å². The summed E-state index contributed by atoms with van der Waals surface area (Å²) in [4.78, 5) is 3.97. The topological polar surface area (TPSA) is 12.9 Å². The highest BCUT2D eigenvalue weighted by molar-refractivity contribution is 6.16. The van der Waals surface area contributed by atoms with Crippen molar-refractivity contribution in [3.63, 3.8) is 0 Å². The van der Waals surface area contributed by atoms with Crippen LogP contribution in [0.15, 0.2) is 12.1 Å². The van der Waals surface area contributed by atoms with Gasteiger partial charge in [-0.15, -0.1) is 11.6 Å². The van der Waals surface area contributed by atoms with Gasteiger partial charge in [-0.05, 0) is 25.0 Å². The first-order chi connectivity index (χ1) is 7.02. The van der Waals surface area contributed by atoms with Gasteiger partial charge in [0.25, 0.3) is 0 Å². The van der Waals surface area contributed by atoms with Crippen LogP contribution in [-0.2, 0) is 12.1 Å². The van der Waals surface area contributed by atoms with Gasteiger partial charge in [0.15, 0.2) is 0 Å². The Bertz CT molecular complexity index is 371. The molecule has 1 aliphatic carbocycles. The van der Waals surface area contributed by atoms with Crippen molar-refractivity contribution >= 4 is 11.6 Å². The standard InChI is InChI=1S/C10H9ClF3N/c11-5-7-3-4-8(10(12,13)14)9(15-7)6-1-2-6/h3-4,6H,1-2,5H2. The first kappa shape index (κ1) is 10.7. The van der Waals surface area contributed by atoms with E-state index in [1.165, 1.54) is 6.07 Å². The predicted octanol–water partition coefficient (Wildman–Crippen LogP) is 3.72. The molecule has 82 valence electrons. The first-order valence-corrected chi connectivity index (χ1v) is 5.19. The summed E-state index contributed by atoms with van der Waals surface area (Å²) < 4.78 is 37.8.